The minimum Gasteiger partial charge on any atom is -0.493 e. The molecule has 1 fully saturated rings. The zero-order valence-corrected chi connectivity index (χ0v) is 21.7. The number of ether oxygens (including phenoxy) is 2. The highest BCUT2D eigenvalue weighted by Crippen LogP contribution is 2.40. The number of nitrogens with one attached hydrogen (secondary N) is 1. The summed E-state index contributed by atoms with van der Waals surface area (Å²) < 4.78 is 52.5. The molecule has 0 saturated carbocycles. The van der Waals surface area contributed by atoms with Crippen molar-refractivity contribution in [2.75, 3.05) is 46.0 Å². The summed E-state index contributed by atoms with van der Waals surface area (Å²) in [4.78, 5) is 7.81. The summed E-state index contributed by atoms with van der Waals surface area (Å²) in [6.07, 6.45) is 1.09. The first-order valence-corrected chi connectivity index (χ1v) is 13.1. The van der Waals surface area contributed by atoms with Gasteiger partial charge in [0.25, 0.3) is 0 Å². The van der Waals surface area contributed by atoms with E-state index >= 15 is 0 Å². The van der Waals surface area contributed by atoms with Crippen molar-refractivity contribution >= 4 is 23.4 Å². The largest absolute Gasteiger partial charge is 0.493 e. The molecule has 5 rings (SSSR count). The maximum atomic E-state index is 13.1. The van der Waals surface area contributed by atoms with Gasteiger partial charge in [-0.05, 0) is 24.6 Å². The number of morpholine rings is 1. The summed E-state index contributed by atoms with van der Waals surface area (Å²) in [7, 11) is 0. The number of nitrogens with zero attached hydrogens (tertiary/aromatic N) is 6. The second-order valence-corrected chi connectivity index (χ2v) is 10.0. The summed E-state index contributed by atoms with van der Waals surface area (Å²) in [5.41, 5.74) is 3.23. The van der Waals surface area contributed by atoms with Crippen molar-refractivity contribution in [2.45, 2.75) is 26.1 Å². The van der Waals surface area contributed by atoms with Gasteiger partial charge in [-0.25, -0.2) is 9.99 Å². The van der Waals surface area contributed by atoms with Crippen LogP contribution in [0.15, 0.2) is 35.7 Å². The molecule has 9 nitrogen and oxygen atoms in total. The number of rotatable bonds is 7. The third kappa shape index (κ3) is 6.05. The van der Waals surface area contributed by atoms with E-state index in [0.29, 0.717) is 29.5 Å². The molecule has 2 aliphatic rings. The van der Waals surface area contributed by atoms with Crippen molar-refractivity contribution in [2.24, 2.45) is 5.10 Å². The van der Waals surface area contributed by atoms with E-state index in [1.807, 2.05) is 35.3 Å². The molecule has 3 aromatic rings. The predicted molar refractivity (Wildman–Crippen MR) is 139 cm³/mol. The number of thiazole rings is 1. The Morgan fingerprint density at radius 3 is 2.79 bits per heavy atom. The van der Waals surface area contributed by atoms with E-state index in [2.05, 4.69) is 20.1 Å². The molecule has 0 atom stereocenters. The van der Waals surface area contributed by atoms with Crippen LogP contribution < -0.4 is 4.74 Å². The molecule has 1 N–H and O–H groups in total. The van der Waals surface area contributed by atoms with Gasteiger partial charge in [-0.3, -0.25) is 15.0 Å². The molecule has 13 heteroatoms. The summed E-state index contributed by atoms with van der Waals surface area (Å²) in [6, 6.07) is 5.81. The van der Waals surface area contributed by atoms with Gasteiger partial charge >= 0.3 is 6.18 Å². The fourth-order valence-electron chi connectivity index (χ4n) is 4.41. The molecule has 1 saturated heterocycles. The van der Waals surface area contributed by atoms with Crippen LogP contribution in [-0.2, 0) is 17.7 Å². The fourth-order valence-corrected chi connectivity index (χ4v) is 5.42. The molecule has 0 spiro atoms. The Morgan fingerprint density at radius 1 is 1.21 bits per heavy atom. The van der Waals surface area contributed by atoms with Crippen molar-refractivity contribution in [1.82, 2.24) is 24.7 Å². The summed E-state index contributed by atoms with van der Waals surface area (Å²) in [6.45, 7) is 5.58. The van der Waals surface area contributed by atoms with Crippen molar-refractivity contribution in [3.05, 3.63) is 40.5 Å². The molecule has 0 radical (unpaired) electrons. The number of halogens is 3. The molecule has 4 heterocycles. The zero-order valence-electron chi connectivity index (χ0n) is 20.9. The topological polar surface area (TPSA) is 91.9 Å². The Bertz CT molecular complexity index is 1310. The molecule has 0 unspecified atom stereocenters. The Hall–Kier alpha value is -3.29. The van der Waals surface area contributed by atoms with Crippen LogP contribution in [0.3, 0.4) is 0 Å². The summed E-state index contributed by atoms with van der Waals surface area (Å²) in [5, 5.41) is 17.5. The van der Waals surface area contributed by atoms with E-state index in [9.17, 15) is 13.2 Å². The summed E-state index contributed by atoms with van der Waals surface area (Å²) in [5.74, 6) is 0.257. The lowest BCUT2D eigenvalue weighted by molar-refractivity contribution is -0.137. The first-order chi connectivity index (χ1) is 18.3. The number of hydrogen-bond acceptors (Lipinski definition) is 8. The maximum absolute atomic E-state index is 13.1. The normalized spacial score (nSPS) is 16.1. The van der Waals surface area contributed by atoms with Gasteiger partial charge in [0, 0.05) is 54.5 Å². The molecule has 2 aromatic heterocycles. The number of hydrazone groups is 1. The van der Waals surface area contributed by atoms with Crippen LogP contribution in [0.2, 0.25) is 0 Å². The molecule has 202 valence electrons. The Balaban J connectivity index is 1.39. The van der Waals surface area contributed by atoms with Gasteiger partial charge in [-0.1, -0.05) is 6.07 Å². The third-order valence-electron chi connectivity index (χ3n) is 6.28. The maximum Gasteiger partial charge on any atom is 0.408 e. The lowest BCUT2D eigenvalue weighted by atomic mass is 10.0. The Morgan fingerprint density at radius 2 is 2.03 bits per heavy atom. The molecular formula is C25H28F3N7O2S. The van der Waals surface area contributed by atoms with E-state index in [0.717, 1.165) is 61.0 Å². The van der Waals surface area contributed by atoms with Crippen LogP contribution in [0, 0.1) is 5.41 Å². The van der Waals surface area contributed by atoms with Crippen molar-refractivity contribution in [3.63, 3.8) is 0 Å². The van der Waals surface area contributed by atoms with Crippen LogP contribution in [-0.4, -0.2) is 88.9 Å². The number of hydrogen-bond donors (Lipinski definition) is 1. The van der Waals surface area contributed by atoms with Crippen molar-refractivity contribution in [1.29, 1.82) is 5.41 Å². The van der Waals surface area contributed by atoms with Crippen LogP contribution >= 0.6 is 11.3 Å². The van der Waals surface area contributed by atoms with Crippen LogP contribution in [0.25, 0.3) is 22.4 Å². The van der Waals surface area contributed by atoms with Crippen LogP contribution in [0.1, 0.15) is 16.8 Å². The van der Waals surface area contributed by atoms with Gasteiger partial charge in [0.05, 0.1) is 38.3 Å². The molecule has 1 aromatic carbocycles. The van der Waals surface area contributed by atoms with Gasteiger partial charge in [0.2, 0.25) is 0 Å². The highest BCUT2D eigenvalue weighted by Gasteiger charge is 2.34. The fraction of sp³-hybridized carbons (Fsp3) is 0.440. The van der Waals surface area contributed by atoms with E-state index < -0.39 is 18.6 Å². The number of benzene rings is 1. The predicted octanol–water partition coefficient (Wildman–Crippen LogP) is 4.14. The van der Waals surface area contributed by atoms with Gasteiger partial charge in [-0.2, -0.15) is 23.4 Å². The van der Waals surface area contributed by atoms with Gasteiger partial charge in [0.1, 0.15) is 12.3 Å². The zero-order chi connectivity index (χ0) is 26.7. The molecule has 0 aliphatic carbocycles. The van der Waals surface area contributed by atoms with Crippen LogP contribution in [0.4, 0.5) is 13.2 Å². The molecule has 38 heavy (non-hydrogen) atoms. The monoisotopic (exact) mass is 547 g/mol. The first kappa shape index (κ1) is 26.3. The van der Waals surface area contributed by atoms with Crippen molar-refractivity contribution < 1.29 is 22.6 Å². The molecule has 0 amide bonds. The number of aromatic nitrogens is 3. The second kappa shape index (κ2) is 11.2. The van der Waals surface area contributed by atoms with Crippen molar-refractivity contribution in [3.8, 4) is 28.1 Å². The number of amidine groups is 1. The minimum atomic E-state index is -4.50. The van der Waals surface area contributed by atoms with E-state index in [4.69, 9.17) is 14.9 Å². The van der Waals surface area contributed by atoms with Gasteiger partial charge in [0.15, 0.2) is 10.8 Å². The highest BCUT2D eigenvalue weighted by molar-refractivity contribution is 7.14. The van der Waals surface area contributed by atoms with E-state index in [-0.39, 0.29) is 5.01 Å². The summed E-state index contributed by atoms with van der Waals surface area (Å²) >= 11 is 1.20. The molecule has 2 aliphatic heterocycles. The lowest BCUT2D eigenvalue weighted by Crippen LogP contribution is -2.38. The number of fused-ring (bicyclic) bond motifs is 3. The molecule has 0 bridgehead atoms. The third-order valence-corrected chi connectivity index (χ3v) is 7.40. The Labute approximate surface area is 222 Å². The smallest absolute Gasteiger partial charge is 0.408 e. The number of alkyl halides is 3. The standard InChI is InChI=1S/C25H28F3N7O2S/c1-2-30-35(16-25(26,27)28)23(29)24-32-22-19-13-17(3-4-20(19)37-10-5-21(22)38-24)18-14-31-34(15-18)7-6-33-8-11-36-12-9-33/h2-4,13-15,29H,5-12,16H2,1H3/b29-23?,30-2-. The first-order valence-electron chi connectivity index (χ1n) is 12.3. The molecular weight excluding hydrogens is 519 g/mol. The lowest BCUT2D eigenvalue weighted by Gasteiger charge is -2.26. The average molecular weight is 548 g/mol. The minimum absolute atomic E-state index is 0.180. The van der Waals surface area contributed by atoms with E-state index in [1.54, 1.807) is 0 Å². The highest BCUT2D eigenvalue weighted by atomic mass is 32.1. The quantitative estimate of drug-likeness (QED) is 0.272. The van der Waals surface area contributed by atoms with Gasteiger partial charge < -0.3 is 9.47 Å². The van der Waals surface area contributed by atoms with Crippen LogP contribution in [0.5, 0.6) is 5.75 Å². The second-order valence-electron chi connectivity index (χ2n) is 8.94. The van der Waals surface area contributed by atoms with Gasteiger partial charge in [-0.15, -0.1) is 11.3 Å². The Kier molecular flexibility index (Phi) is 7.77. The van der Waals surface area contributed by atoms with E-state index in [1.165, 1.54) is 24.5 Å². The average Bonchev–Trinajstić information content (AvgIpc) is 3.51. The SMILES string of the molecule is C/C=N\N(CC(F)(F)F)C(=N)c1nc2c(s1)CCOc1ccc(-c3cnn(CCN4CCOCC4)c3)cc1-2.